The molecule has 9 heteroatoms. The fourth-order valence-corrected chi connectivity index (χ4v) is 5.94. The lowest BCUT2D eigenvalue weighted by Gasteiger charge is -2.33. The Balaban J connectivity index is 1.52. The van der Waals surface area contributed by atoms with Crippen molar-refractivity contribution in [3.05, 3.63) is 71.0 Å². The van der Waals surface area contributed by atoms with Crippen LogP contribution in [0.1, 0.15) is 41.2 Å². The summed E-state index contributed by atoms with van der Waals surface area (Å²) in [5.74, 6) is 0.343. The van der Waals surface area contributed by atoms with Gasteiger partial charge in [-0.3, -0.25) is 4.79 Å². The lowest BCUT2D eigenvalue weighted by atomic mass is 9.98. The molecule has 3 heterocycles. The summed E-state index contributed by atoms with van der Waals surface area (Å²) in [6.45, 7) is 4.43. The van der Waals surface area contributed by atoms with E-state index in [1.807, 2.05) is 37.3 Å². The Bertz CT molecular complexity index is 1260. The van der Waals surface area contributed by atoms with Crippen LogP contribution < -0.4 is 0 Å². The summed E-state index contributed by atoms with van der Waals surface area (Å²) in [7, 11) is -2.19. The van der Waals surface area contributed by atoms with Crippen LogP contribution in [0.15, 0.2) is 56.5 Å². The van der Waals surface area contributed by atoms with E-state index in [-0.39, 0.29) is 23.1 Å². The van der Waals surface area contributed by atoms with Crippen LogP contribution in [0.25, 0.3) is 12.2 Å². The summed E-state index contributed by atoms with van der Waals surface area (Å²) < 4.78 is 39.3. The Hall–Kier alpha value is -3.17. The topological polar surface area (TPSA) is 96.9 Å². The first kappa shape index (κ1) is 24.0. The first-order valence-corrected chi connectivity index (χ1v) is 12.7. The molecule has 1 aromatic carbocycles. The molecule has 0 saturated carbocycles. The Morgan fingerprint density at radius 3 is 2.68 bits per heavy atom. The maximum Gasteiger partial charge on any atom is 0.248 e. The van der Waals surface area contributed by atoms with Gasteiger partial charge in [0.15, 0.2) is 10.7 Å². The molecule has 3 aromatic rings. The lowest BCUT2D eigenvalue weighted by Crippen LogP contribution is -2.45. The average molecular weight is 484 g/mol. The van der Waals surface area contributed by atoms with E-state index >= 15 is 0 Å². The normalized spacial score (nSPS) is 17.3. The van der Waals surface area contributed by atoms with E-state index in [0.29, 0.717) is 37.4 Å². The number of benzene rings is 1. The molecule has 0 radical (unpaired) electrons. The SMILES string of the molecule is Cc1ccc(/C=C/c2onc(C)c2S(=O)(=O)N2CCCC(C(=O)N(C)Cc3ccco3)C2)cc1. The standard InChI is InChI=1S/C25H29N3O5S/c1-18-8-10-20(11-9-18)12-13-23-24(19(2)26-33-23)34(30,31)28-14-4-6-21(16-28)25(29)27(3)17-22-7-5-15-32-22/h5,7-13,15,21H,4,6,14,16-17H2,1-3H3/b13-12+. The molecule has 1 aliphatic heterocycles. The van der Waals surface area contributed by atoms with E-state index < -0.39 is 15.9 Å². The number of piperidine rings is 1. The average Bonchev–Trinajstić information content (AvgIpc) is 3.48. The zero-order chi connectivity index (χ0) is 24.3. The van der Waals surface area contributed by atoms with Crippen LogP contribution in [0.5, 0.6) is 0 Å². The highest BCUT2D eigenvalue weighted by Gasteiger charge is 2.37. The first-order valence-electron chi connectivity index (χ1n) is 11.2. The van der Waals surface area contributed by atoms with E-state index in [1.54, 1.807) is 43.4 Å². The van der Waals surface area contributed by atoms with Gasteiger partial charge in [0.25, 0.3) is 0 Å². The highest BCUT2D eigenvalue weighted by molar-refractivity contribution is 7.89. The lowest BCUT2D eigenvalue weighted by molar-refractivity contribution is -0.136. The third kappa shape index (κ3) is 5.15. The number of aromatic nitrogens is 1. The van der Waals surface area contributed by atoms with Crippen molar-refractivity contribution in [1.82, 2.24) is 14.4 Å². The quantitative estimate of drug-likeness (QED) is 0.502. The number of sulfonamides is 1. The molecule has 8 nitrogen and oxygen atoms in total. The largest absolute Gasteiger partial charge is 0.467 e. The molecule has 4 rings (SSSR count). The van der Waals surface area contributed by atoms with Gasteiger partial charge in [0.1, 0.15) is 11.5 Å². The van der Waals surface area contributed by atoms with Gasteiger partial charge in [0.2, 0.25) is 15.9 Å². The van der Waals surface area contributed by atoms with Crippen molar-refractivity contribution in [2.45, 2.75) is 38.1 Å². The second-order valence-corrected chi connectivity index (χ2v) is 10.6. The zero-order valence-corrected chi connectivity index (χ0v) is 20.4. The molecule has 1 atom stereocenters. The van der Waals surface area contributed by atoms with Crippen molar-refractivity contribution in [2.24, 2.45) is 5.92 Å². The number of rotatable bonds is 7. The highest BCUT2D eigenvalue weighted by atomic mass is 32.2. The van der Waals surface area contributed by atoms with Crippen LogP contribution in [0.2, 0.25) is 0 Å². The second-order valence-electron chi connectivity index (χ2n) is 8.68. The number of carbonyl (C=O) groups is 1. The van der Waals surface area contributed by atoms with Crippen LogP contribution in [-0.2, 0) is 21.4 Å². The molecule has 1 aliphatic rings. The predicted octanol–water partition coefficient (Wildman–Crippen LogP) is 4.11. The summed E-state index contributed by atoms with van der Waals surface area (Å²) >= 11 is 0. The molecular weight excluding hydrogens is 454 g/mol. The minimum absolute atomic E-state index is 0.0490. The van der Waals surface area contributed by atoms with E-state index in [9.17, 15) is 13.2 Å². The Morgan fingerprint density at radius 2 is 1.97 bits per heavy atom. The van der Waals surface area contributed by atoms with Gasteiger partial charge in [0, 0.05) is 20.1 Å². The fraction of sp³-hybridized carbons (Fsp3) is 0.360. The van der Waals surface area contributed by atoms with E-state index in [4.69, 9.17) is 8.94 Å². The predicted molar refractivity (Wildman–Crippen MR) is 128 cm³/mol. The summed E-state index contributed by atoms with van der Waals surface area (Å²) in [6, 6.07) is 11.4. The van der Waals surface area contributed by atoms with Gasteiger partial charge in [-0.25, -0.2) is 8.42 Å². The monoisotopic (exact) mass is 483 g/mol. The first-order chi connectivity index (χ1) is 16.3. The molecule has 1 saturated heterocycles. The van der Waals surface area contributed by atoms with Gasteiger partial charge in [-0.1, -0.05) is 41.1 Å². The molecule has 2 aromatic heterocycles. The number of furan rings is 1. The molecule has 180 valence electrons. The molecule has 1 amide bonds. The number of nitrogens with zero attached hydrogens (tertiary/aromatic N) is 3. The maximum atomic E-state index is 13.6. The molecule has 1 fully saturated rings. The van der Waals surface area contributed by atoms with E-state index in [1.165, 1.54) is 4.31 Å². The zero-order valence-electron chi connectivity index (χ0n) is 19.6. The summed E-state index contributed by atoms with van der Waals surface area (Å²) in [4.78, 5) is 14.7. The van der Waals surface area contributed by atoms with Crippen molar-refractivity contribution in [1.29, 1.82) is 0 Å². The summed E-state index contributed by atoms with van der Waals surface area (Å²) in [6.07, 6.45) is 6.22. The summed E-state index contributed by atoms with van der Waals surface area (Å²) in [5.41, 5.74) is 2.36. The van der Waals surface area contributed by atoms with Gasteiger partial charge < -0.3 is 13.8 Å². The van der Waals surface area contributed by atoms with Crippen LogP contribution in [0.3, 0.4) is 0 Å². The number of hydrogen-bond acceptors (Lipinski definition) is 6. The Kier molecular flexibility index (Phi) is 7.04. The Labute approximate surface area is 199 Å². The summed E-state index contributed by atoms with van der Waals surface area (Å²) in [5, 5.41) is 3.91. The van der Waals surface area contributed by atoms with Gasteiger partial charge in [-0.2, -0.15) is 4.31 Å². The number of hydrogen-bond donors (Lipinski definition) is 0. The van der Waals surface area contributed by atoms with Gasteiger partial charge in [-0.05, 0) is 50.5 Å². The van der Waals surface area contributed by atoms with Crippen molar-refractivity contribution in [2.75, 3.05) is 20.1 Å². The van der Waals surface area contributed by atoms with E-state index in [2.05, 4.69) is 5.16 Å². The van der Waals surface area contributed by atoms with Crippen LogP contribution in [-0.4, -0.2) is 48.8 Å². The molecule has 0 N–H and O–H groups in total. The third-order valence-electron chi connectivity index (χ3n) is 6.02. The minimum Gasteiger partial charge on any atom is -0.467 e. The van der Waals surface area contributed by atoms with Crippen LogP contribution in [0.4, 0.5) is 0 Å². The van der Waals surface area contributed by atoms with Gasteiger partial charge >= 0.3 is 0 Å². The van der Waals surface area contributed by atoms with Crippen molar-refractivity contribution >= 4 is 28.1 Å². The molecule has 0 bridgehead atoms. The molecule has 1 unspecified atom stereocenters. The minimum atomic E-state index is -3.90. The molecule has 34 heavy (non-hydrogen) atoms. The molecule has 0 aliphatic carbocycles. The highest BCUT2D eigenvalue weighted by Crippen LogP contribution is 2.30. The van der Waals surface area contributed by atoms with Crippen molar-refractivity contribution < 1.29 is 22.2 Å². The van der Waals surface area contributed by atoms with E-state index in [0.717, 1.165) is 11.1 Å². The number of aryl methyl sites for hydroxylation is 2. The molecule has 0 spiro atoms. The van der Waals surface area contributed by atoms with Crippen LogP contribution >= 0.6 is 0 Å². The number of carbonyl (C=O) groups excluding carboxylic acids is 1. The second kappa shape index (κ2) is 9.99. The van der Waals surface area contributed by atoms with Crippen molar-refractivity contribution in [3.8, 4) is 0 Å². The molecular formula is C25H29N3O5S. The van der Waals surface area contributed by atoms with Crippen LogP contribution in [0, 0.1) is 19.8 Å². The number of amides is 1. The fourth-order valence-electron chi connectivity index (χ4n) is 4.17. The van der Waals surface area contributed by atoms with Gasteiger partial charge in [-0.15, -0.1) is 0 Å². The van der Waals surface area contributed by atoms with Crippen molar-refractivity contribution in [3.63, 3.8) is 0 Å². The smallest absolute Gasteiger partial charge is 0.248 e. The third-order valence-corrected chi connectivity index (χ3v) is 8.04. The Morgan fingerprint density at radius 1 is 1.21 bits per heavy atom. The van der Waals surface area contributed by atoms with Gasteiger partial charge in [0.05, 0.1) is 18.7 Å². The maximum absolute atomic E-state index is 13.6.